The van der Waals surface area contributed by atoms with Crippen molar-refractivity contribution in [1.29, 1.82) is 0 Å². The van der Waals surface area contributed by atoms with E-state index in [0.717, 1.165) is 24.0 Å². The number of hydrazine groups is 1. The molecule has 1 N–H and O–H groups in total. The van der Waals surface area contributed by atoms with Gasteiger partial charge in [0.1, 0.15) is 12.2 Å². The van der Waals surface area contributed by atoms with Crippen molar-refractivity contribution >= 4 is 17.8 Å². The van der Waals surface area contributed by atoms with E-state index in [1.807, 2.05) is 79.4 Å². The highest BCUT2D eigenvalue weighted by molar-refractivity contribution is 5.91. The first kappa shape index (κ1) is 25.7. The molecule has 2 aromatic rings. The molecule has 2 saturated heterocycles. The Morgan fingerprint density at radius 3 is 2.33 bits per heavy atom. The second-order valence-electron chi connectivity index (χ2n) is 9.49. The van der Waals surface area contributed by atoms with Crippen LogP contribution in [0.1, 0.15) is 57.2 Å². The van der Waals surface area contributed by atoms with Gasteiger partial charge in [-0.15, -0.1) is 0 Å². The van der Waals surface area contributed by atoms with Gasteiger partial charge in [-0.05, 0) is 24.5 Å². The van der Waals surface area contributed by atoms with Gasteiger partial charge < -0.3 is 15.1 Å². The van der Waals surface area contributed by atoms with Crippen molar-refractivity contribution in [3.05, 3.63) is 71.8 Å². The monoisotopic (exact) mass is 491 g/mol. The van der Waals surface area contributed by atoms with Crippen molar-refractivity contribution < 1.29 is 14.4 Å². The first-order chi connectivity index (χ1) is 17.5. The first-order valence-electron chi connectivity index (χ1n) is 13.0. The van der Waals surface area contributed by atoms with Gasteiger partial charge in [-0.3, -0.25) is 9.59 Å². The summed E-state index contributed by atoms with van der Waals surface area (Å²) >= 11 is 0. The lowest BCUT2D eigenvalue weighted by molar-refractivity contribution is -0.192. The molecule has 4 rings (SSSR count). The fourth-order valence-electron chi connectivity index (χ4n) is 5.21. The molecule has 0 saturated carbocycles. The van der Waals surface area contributed by atoms with Crippen molar-refractivity contribution in [2.24, 2.45) is 0 Å². The highest BCUT2D eigenvalue weighted by Crippen LogP contribution is 2.33. The van der Waals surface area contributed by atoms with Gasteiger partial charge in [-0.2, -0.15) is 0 Å². The highest BCUT2D eigenvalue weighted by Gasteiger charge is 2.51. The van der Waals surface area contributed by atoms with Crippen molar-refractivity contribution in [3.63, 3.8) is 0 Å². The Bertz CT molecular complexity index is 1050. The highest BCUT2D eigenvalue weighted by atomic mass is 16.2. The van der Waals surface area contributed by atoms with Crippen molar-refractivity contribution in [3.8, 4) is 0 Å². The number of nitrogens with one attached hydrogen (secondary N) is 1. The molecule has 0 aliphatic carbocycles. The van der Waals surface area contributed by atoms with Crippen LogP contribution in [0.25, 0.3) is 0 Å². The minimum absolute atomic E-state index is 0.0426. The zero-order valence-corrected chi connectivity index (χ0v) is 21.5. The minimum atomic E-state index is -0.578. The molecule has 36 heavy (non-hydrogen) atoms. The number of carbonyl (C=O) groups is 3. The lowest BCUT2D eigenvalue weighted by Crippen LogP contribution is -2.76. The number of carbonyl (C=O) groups excluding carboxylic acids is 3. The number of rotatable bonds is 8. The summed E-state index contributed by atoms with van der Waals surface area (Å²) in [6, 6.07) is 18.6. The standard InChI is InChI=1S/C28H37N5O3/c1-4-6-17-24-27(35)31(21(3)23-15-11-8-12-16-23)19-25-32(24)26(34)20-30(5-2)33(25)28(36)29-18-22-13-9-7-10-14-22/h7-16,21,24-25H,4-6,17-20H2,1-3H3,(H,29,36)/t21-,24-,25-/m0/s1. The first-order valence-corrected chi connectivity index (χ1v) is 13.0. The predicted molar refractivity (Wildman–Crippen MR) is 138 cm³/mol. The topological polar surface area (TPSA) is 76.2 Å². The number of urea groups is 1. The molecule has 8 nitrogen and oxygen atoms in total. The molecule has 0 aromatic heterocycles. The summed E-state index contributed by atoms with van der Waals surface area (Å²) < 4.78 is 0. The Morgan fingerprint density at radius 1 is 1.03 bits per heavy atom. The fraction of sp³-hybridized carbons (Fsp3) is 0.464. The Kier molecular flexibility index (Phi) is 8.25. The zero-order valence-electron chi connectivity index (χ0n) is 21.5. The number of benzene rings is 2. The average molecular weight is 492 g/mol. The van der Waals surface area contributed by atoms with Crippen LogP contribution in [0, 0.1) is 0 Å². The Balaban J connectivity index is 1.65. The SMILES string of the molecule is CCCC[C@H]1C(=O)N([C@@H](C)c2ccccc2)C[C@H]2N1C(=O)CN(CC)N2C(=O)NCc1ccccc1. The van der Waals surface area contributed by atoms with Gasteiger partial charge in [0.05, 0.1) is 19.1 Å². The Labute approximate surface area is 213 Å². The molecule has 0 bridgehead atoms. The van der Waals surface area contributed by atoms with Crippen LogP contribution in [0.15, 0.2) is 60.7 Å². The van der Waals surface area contributed by atoms with E-state index in [1.165, 1.54) is 0 Å². The summed E-state index contributed by atoms with van der Waals surface area (Å²) in [5, 5.41) is 6.49. The summed E-state index contributed by atoms with van der Waals surface area (Å²) in [5.74, 6) is -0.144. The lowest BCUT2D eigenvalue weighted by atomic mass is 9.98. The Morgan fingerprint density at radius 2 is 1.69 bits per heavy atom. The fourth-order valence-corrected chi connectivity index (χ4v) is 5.21. The van der Waals surface area contributed by atoms with Gasteiger partial charge in [-0.1, -0.05) is 87.4 Å². The maximum atomic E-state index is 13.8. The van der Waals surface area contributed by atoms with Gasteiger partial charge in [0, 0.05) is 13.1 Å². The molecule has 3 atom stereocenters. The molecule has 0 radical (unpaired) electrons. The summed E-state index contributed by atoms with van der Waals surface area (Å²) in [4.78, 5) is 44.3. The molecule has 2 aliphatic rings. The van der Waals surface area contributed by atoms with Crippen LogP contribution in [0.3, 0.4) is 0 Å². The molecule has 2 fully saturated rings. The number of amides is 4. The average Bonchev–Trinajstić information content (AvgIpc) is 2.91. The normalized spacial score (nSPS) is 21.4. The molecule has 0 spiro atoms. The van der Waals surface area contributed by atoms with E-state index in [-0.39, 0.29) is 37.0 Å². The molecule has 2 heterocycles. The second-order valence-corrected chi connectivity index (χ2v) is 9.49. The molecule has 192 valence electrons. The molecule has 4 amide bonds. The van der Waals surface area contributed by atoms with Gasteiger partial charge in [0.2, 0.25) is 11.8 Å². The maximum Gasteiger partial charge on any atom is 0.334 e. The molecule has 8 heteroatoms. The molecule has 0 unspecified atom stereocenters. The second kappa shape index (κ2) is 11.6. The van der Waals surface area contributed by atoms with Gasteiger partial charge in [0.15, 0.2) is 0 Å². The lowest BCUT2D eigenvalue weighted by Gasteiger charge is -2.56. The molecule has 2 aromatic carbocycles. The zero-order chi connectivity index (χ0) is 25.7. The number of hydrogen-bond acceptors (Lipinski definition) is 4. The number of nitrogens with zero attached hydrogens (tertiary/aromatic N) is 4. The van der Waals surface area contributed by atoms with Crippen molar-refractivity contribution in [2.75, 3.05) is 19.6 Å². The minimum Gasteiger partial charge on any atom is -0.333 e. The third-order valence-electron chi connectivity index (χ3n) is 7.22. The number of likely N-dealkylation sites (N-methyl/N-ethyl adjacent to an activating group) is 1. The largest absolute Gasteiger partial charge is 0.334 e. The number of piperazine rings is 1. The van der Waals surface area contributed by atoms with E-state index in [4.69, 9.17) is 0 Å². The smallest absolute Gasteiger partial charge is 0.333 e. The predicted octanol–water partition coefficient (Wildman–Crippen LogP) is 3.77. The Hall–Kier alpha value is -3.39. The summed E-state index contributed by atoms with van der Waals surface area (Å²) in [5.41, 5.74) is 2.03. The van der Waals surface area contributed by atoms with Gasteiger partial charge in [-0.25, -0.2) is 14.8 Å². The van der Waals surface area contributed by atoms with Crippen molar-refractivity contribution in [2.45, 2.75) is 64.8 Å². The number of unbranched alkanes of at least 4 members (excludes halogenated alkanes) is 1. The van der Waals surface area contributed by atoms with E-state index in [0.29, 0.717) is 19.5 Å². The quantitative estimate of drug-likeness (QED) is 0.610. The van der Waals surface area contributed by atoms with Gasteiger partial charge >= 0.3 is 6.03 Å². The van der Waals surface area contributed by atoms with Crippen molar-refractivity contribution in [1.82, 2.24) is 25.1 Å². The van der Waals surface area contributed by atoms with Crippen LogP contribution >= 0.6 is 0 Å². The van der Waals surface area contributed by atoms with E-state index < -0.39 is 12.2 Å². The van der Waals surface area contributed by atoms with Crippen LogP contribution < -0.4 is 5.32 Å². The van der Waals surface area contributed by atoms with Crippen LogP contribution in [0.5, 0.6) is 0 Å². The summed E-state index contributed by atoms with van der Waals surface area (Å²) in [7, 11) is 0. The van der Waals surface area contributed by atoms with E-state index >= 15 is 0 Å². The third-order valence-corrected chi connectivity index (χ3v) is 7.22. The van der Waals surface area contributed by atoms with Crippen LogP contribution in [0.4, 0.5) is 4.79 Å². The molecule has 2 aliphatic heterocycles. The van der Waals surface area contributed by atoms with Crippen LogP contribution in [0.2, 0.25) is 0 Å². The summed E-state index contributed by atoms with van der Waals surface area (Å²) in [6.45, 7) is 7.27. The molecular formula is C28H37N5O3. The van der Waals surface area contributed by atoms with Gasteiger partial charge in [0.25, 0.3) is 0 Å². The maximum absolute atomic E-state index is 13.8. The van der Waals surface area contributed by atoms with Crippen LogP contribution in [-0.2, 0) is 16.1 Å². The van der Waals surface area contributed by atoms with E-state index in [9.17, 15) is 14.4 Å². The summed E-state index contributed by atoms with van der Waals surface area (Å²) in [6.07, 6.45) is 1.78. The third kappa shape index (κ3) is 5.23. The number of fused-ring (bicyclic) bond motifs is 1. The molecular weight excluding hydrogens is 454 g/mol. The number of hydrogen-bond donors (Lipinski definition) is 1. The van der Waals surface area contributed by atoms with E-state index in [1.54, 1.807) is 14.9 Å². The van der Waals surface area contributed by atoms with Crippen LogP contribution in [-0.4, -0.2) is 69.5 Å². The van der Waals surface area contributed by atoms with E-state index in [2.05, 4.69) is 12.2 Å².